The van der Waals surface area contributed by atoms with E-state index in [-0.39, 0.29) is 52.1 Å². The summed E-state index contributed by atoms with van der Waals surface area (Å²) in [6, 6.07) is 8.33. The van der Waals surface area contributed by atoms with Crippen LogP contribution in [0.4, 0.5) is 0 Å². The monoisotopic (exact) mass is 442 g/mol. The second kappa shape index (κ2) is 22.0. The second-order valence-corrected chi connectivity index (χ2v) is 8.46. The largest absolute Gasteiger partial charge is 2.00 e. The van der Waals surface area contributed by atoms with E-state index >= 15 is 0 Å². The molecule has 0 atom stereocenters. The fourth-order valence-electron chi connectivity index (χ4n) is 2.57. The minimum atomic E-state index is -3.57. The average Bonchev–Trinajstić information content (AvgIpc) is 2.68. The standard InChI is InChI=1S/C18H30O3S.C4H10O.Ca.2H/c1-2-3-4-5-6-7-8-9-10-14-17-21-22(19,20)18-15-12-11-13-16-18;1-2-3-4-5;;;/h11-13,15-16H,2-10,14,17H2,1H3;5H,2-4H2,1H3;;;/q;;+2;2*-1. The molecule has 0 fully saturated rings. The summed E-state index contributed by atoms with van der Waals surface area (Å²) in [7, 11) is -3.57. The molecule has 0 saturated heterocycles. The first kappa shape index (κ1) is 30.5. The third-order valence-electron chi connectivity index (χ3n) is 4.28. The first-order valence-electron chi connectivity index (χ1n) is 10.6. The number of hydrogen-bond donors (Lipinski definition) is 1. The molecule has 0 heterocycles. The van der Waals surface area contributed by atoms with Crippen molar-refractivity contribution in [3.63, 3.8) is 0 Å². The van der Waals surface area contributed by atoms with Crippen LogP contribution in [0, 0.1) is 0 Å². The van der Waals surface area contributed by atoms with Crippen LogP contribution in [-0.2, 0) is 14.3 Å². The Morgan fingerprint density at radius 1 is 0.786 bits per heavy atom. The van der Waals surface area contributed by atoms with Gasteiger partial charge in [0.1, 0.15) is 0 Å². The maximum Gasteiger partial charge on any atom is 2.00 e. The van der Waals surface area contributed by atoms with Crippen LogP contribution >= 0.6 is 0 Å². The van der Waals surface area contributed by atoms with E-state index in [4.69, 9.17) is 9.29 Å². The molecule has 1 aromatic carbocycles. The van der Waals surface area contributed by atoms with Gasteiger partial charge in [-0.25, -0.2) is 0 Å². The topological polar surface area (TPSA) is 63.6 Å². The van der Waals surface area contributed by atoms with Gasteiger partial charge in [0, 0.05) is 6.61 Å². The van der Waals surface area contributed by atoms with E-state index in [2.05, 4.69) is 13.8 Å². The van der Waals surface area contributed by atoms with Crippen molar-refractivity contribution in [2.75, 3.05) is 13.2 Å². The summed E-state index contributed by atoms with van der Waals surface area (Å²) in [6.07, 6.45) is 14.3. The van der Waals surface area contributed by atoms with Crippen molar-refractivity contribution in [1.29, 1.82) is 0 Å². The first-order chi connectivity index (χ1) is 13.1. The third-order valence-corrected chi connectivity index (χ3v) is 5.61. The van der Waals surface area contributed by atoms with Crippen molar-refractivity contribution in [2.24, 2.45) is 0 Å². The molecule has 0 amide bonds. The Hall–Kier alpha value is 0.350. The van der Waals surface area contributed by atoms with Crippen LogP contribution in [0.1, 0.15) is 93.8 Å². The molecule has 0 aromatic heterocycles. The van der Waals surface area contributed by atoms with Gasteiger partial charge >= 0.3 is 37.7 Å². The van der Waals surface area contributed by atoms with E-state index in [1.807, 2.05) is 0 Å². The number of benzene rings is 1. The number of unbranched alkanes of at least 4 members (excludes halogenated alkanes) is 10. The smallest absolute Gasteiger partial charge is 1.00 e. The fraction of sp³-hybridized carbons (Fsp3) is 0.727. The van der Waals surface area contributed by atoms with E-state index in [0.29, 0.717) is 6.61 Å². The molecule has 4 nitrogen and oxygen atoms in total. The third kappa shape index (κ3) is 18.4. The Kier molecular flexibility index (Phi) is 24.0. The molecular formula is C22H42CaO4S. The predicted molar refractivity (Wildman–Crippen MR) is 121 cm³/mol. The Morgan fingerprint density at radius 3 is 1.68 bits per heavy atom. The maximum atomic E-state index is 11.9. The Labute approximate surface area is 206 Å². The molecule has 1 aromatic rings. The number of aliphatic hydroxyl groups excluding tert-OH is 1. The fourth-order valence-corrected chi connectivity index (χ4v) is 3.54. The first-order valence-corrected chi connectivity index (χ1v) is 12.0. The van der Waals surface area contributed by atoms with Crippen molar-refractivity contribution >= 4 is 47.9 Å². The van der Waals surface area contributed by atoms with Crippen LogP contribution in [0.25, 0.3) is 0 Å². The zero-order valence-corrected chi connectivity index (χ0v) is 21.1. The molecule has 1 rings (SSSR count). The molecule has 0 radical (unpaired) electrons. The van der Waals surface area contributed by atoms with Gasteiger partial charge in [-0.2, -0.15) is 8.42 Å². The Balaban J connectivity index is -0.000000378. The molecule has 0 aliphatic rings. The van der Waals surface area contributed by atoms with Crippen LogP contribution < -0.4 is 0 Å². The van der Waals surface area contributed by atoms with E-state index in [9.17, 15) is 8.42 Å². The number of hydrogen-bond acceptors (Lipinski definition) is 4. The Bertz CT molecular complexity index is 529. The summed E-state index contributed by atoms with van der Waals surface area (Å²) in [5.74, 6) is 0. The van der Waals surface area contributed by atoms with E-state index < -0.39 is 10.1 Å². The van der Waals surface area contributed by atoms with Crippen LogP contribution in [0.5, 0.6) is 0 Å². The van der Waals surface area contributed by atoms with Gasteiger partial charge in [-0.15, -0.1) is 0 Å². The molecule has 162 valence electrons. The van der Waals surface area contributed by atoms with Crippen molar-refractivity contribution in [1.82, 2.24) is 0 Å². The normalized spacial score (nSPS) is 10.7. The summed E-state index contributed by atoms with van der Waals surface area (Å²) < 4.78 is 28.8. The van der Waals surface area contributed by atoms with Gasteiger partial charge in [0.15, 0.2) is 0 Å². The number of aliphatic hydroxyl groups is 1. The maximum absolute atomic E-state index is 11.9. The van der Waals surface area contributed by atoms with Crippen molar-refractivity contribution < 1.29 is 20.6 Å². The molecule has 0 aliphatic carbocycles. The summed E-state index contributed by atoms with van der Waals surface area (Å²) in [5.41, 5.74) is 0. The van der Waals surface area contributed by atoms with Gasteiger partial charge in [-0.05, 0) is 25.0 Å². The molecular weight excluding hydrogens is 400 g/mol. The van der Waals surface area contributed by atoms with Crippen molar-refractivity contribution in [3.05, 3.63) is 30.3 Å². The average molecular weight is 443 g/mol. The zero-order valence-electron chi connectivity index (χ0n) is 20.1. The van der Waals surface area contributed by atoms with Crippen LogP contribution in [0.15, 0.2) is 35.2 Å². The van der Waals surface area contributed by atoms with Crippen LogP contribution in [-0.4, -0.2) is 64.5 Å². The van der Waals surface area contributed by atoms with Gasteiger partial charge in [0.05, 0.1) is 11.5 Å². The van der Waals surface area contributed by atoms with Crippen LogP contribution in [0.3, 0.4) is 0 Å². The quantitative estimate of drug-likeness (QED) is 0.207. The summed E-state index contributed by atoms with van der Waals surface area (Å²) in [4.78, 5) is 0.238. The van der Waals surface area contributed by atoms with Crippen LogP contribution in [0.2, 0.25) is 0 Å². The van der Waals surface area contributed by atoms with Gasteiger partial charge in [0.25, 0.3) is 10.1 Å². The van der Waals surface area contributed by atoms with Gasteiger partial charge in [-0.3, -0.25) is 4.18 Å². The molecule has 0 bridgehead atoms. The zero-order chi connectivity index (χ0) is 20.2. The van der Waals surface area contributed by atoms with Gasteiger partial charge in [-0.1, -0.05) is 96.3 Å². The minimum absolute atomic E-state index is 0. The molecule has 1 N–H and O–H groups in total. The van der Waals surface area contributed by atoms with Gasteiger partial charge < -0.3 is 7.96 Å². The minimum Gasteiger partial charge on any atom is -1.00 e. The number of rotatable bonds is 15. The van der Waals surface area contributed by atoms with E-state index in [1.165, 1.54) is 51.4 Å². The molecule has 0 unspecified atom stereocenters. The van der Waals surface area contributed by atoms with E-state index in [0.717, 1.165) is 25.7 Å². The molecule has 6 heteroatoms. The molecule has 28 heavy (non-hydrogen) atoms. The summed E-state index contributed by atoms with van der Waals surface area (Å²) in [5, 5.41) is 8.07. The predicted octanol–water partition coefficient (Wildman–Crippen LogP) is 5.94. The Morgan fingerprint density at radius 2 is 1.25 bits per heavy atom. The summed E-state index contributed by atoms with van der Waals surface area (Å²) in [6.45, 7) is 4.92. The van der Waals surface area contributed by atoms with Crippen molar-refractivity contribution in [2.45, 2.75) is 95.8 Å². The molecule has 0 aliphatic heterocycles. The second-order valence-electron chi connectivity index (χ2n) is 6.85. The van der Waals surface area contributed by atoms with Gasteiger partial charge in [0.2, 0.25) is 0 Å². The van der Waals surface area contributed by atoms with Crippen molar-refractivity contribution in [3.8, 4) is 0 Å². The summed E-state index contributed by atoms with van der Waals surface area (Å²) >= 11 is 0. The van der Waals surface area contributed by atoms with E-state index in [1.54, 1.807) is 30.3 Å². The SMILES string of the molecule is CCCCCCCCCCCCOS(=O)(=O)c1ccccc1.CCCCO.[Ca+2].[H-].[H-]. The molecule has 0 saturated carbocycles. The molecule has 0 spiro atoms.